The van der Waals surface area contributed by atoms with E-state index in [9.17, 15) is 4.79 Å². The van der Waals surface area contributed by atoms with Gasteiger partial charge in [0.15, 0.2) is 0 Å². The van der Waals surface area contributed by atoms with Crippen LogP contribution in [0.3, 0.4) is 0 Å². The number of halogens is 2. The summed E-state index contributed by atoms with van der Waals surface area (Å²) >= 11 is 0. The highest BCUT2D eigenvalue weighted by Crippen LogP contribution is 2.14. The standard InChI is InChI=1S/C14H21N3O.2ClH/c1-11-5-3-7-13(16-11)14(18)17(2)12-6-4-9-15-10-8-12;;/h3,5,7,12,15H,4,6,8-10H2,1-2H3;2*1H. The zero-order valence-electron chi connectivity index (χ0n) is 12.0. The van der Waals surface area contributed by atoms with Gasteiger partial charge in [0.25, 0.3) is 5.91 Å². The van der Waals surface area contributed by atoms with Gasteiger partial charge in [0.1, 0.15) is 5.69 Å². The Kier molecular flexibility index (Phi) is 8.78. The van der Waals surface area contributed by atoms with Crippen LogP contribution < -0.4 is 5.32 Å². The van der Waals surface area contributed by atoms with Crippen LogP contribution >= 0.6 is 24.8 Å². The van der Waals surface area contributed by atoms with Crippen LogP contribution in [0, 0.1) is 6.92 Å². The van der Waals surface area contributed by atoms with Gasteiger partial charge in [-0.15, -0.1) is 24.8 Å². The molecule has 1 aliphatic heterocycles. The third-order valence-corrected chi connectivity index (χ3v) is 3.52. The average molecular weight is 320 g/mol. The number of amides is 1. The first-order valence-corrected chi connectivity index (χ1v) is 6.60. The second-order valence-corrected chi connectivity index (χ2v) is 4.91. The van der Waals surface area contributed by atoms with Crippen LogP contribution in [-0.4, -0.2) is 42.0 Å². The van der Waals surface area contributed by atoms with Crippen LogP contribution in [0.4, 0.5) is 0 Å². The maximum Gasteiger partial charge on any atom is 0.272 e. The molecule has 2 rings (SSSR count). The molecule has 1 N–H and O–H groups in total. The minimum atomic E-state index is 0. The van der Waals surface area contributed by atoms with Crippen molar-refractivity contribution in [3.8, 4) is 0 Å². The topological polar surface area (TPSA) is 45.2 Å². The number of carbonyl (C=O) groups excluding carboxylic acids is 1. The molecule has 6 heteroatoms. The van der Waals surface area contributed by atoms with Crippen molar-refractivity contribution in [2.75, 3.05) is 20.1 Å². The van der Waals surface area contributed by atoms with Crippen LogP contribution in [0.1, 0.15) is 35.4 Å². The molecule has 1 amide bonds. The third kappa shape index (κ3) is 4.93. The van der Waals surface area contributed by atoms with Gasteiger partial charge in [0, 0.05) is 18.8 Å². The SMILES string of the molecule is Cc1cccc(C(=O)N(C)C2CCCNCC2)n1.Cl.Cl. The van der Waals surface area contributed by atoms with Crippen molar-refractivity contribution < 1.29 is 4.79 Å². The van der Waals surface area contributed by atoms with Gasteiger partial charge < -0.3 is 10.2 Å². The van der Waals surface area contributed by atoms with Gasteiger partial charge in [-0.1, -0.05) is 6.07 Å². The Morgan fingerprint density at radius 3 is 2.75 bits per heavy atom. The molecular weight excluding hydrogens is 297 g/mol. The molecule has 20 heavy (non-hydrogen) atoms. The lowest BCUT2D eigenvalue weighted by molar-refractivity contribution is 0.0714. The second-order valence-electron chi connectivity index (χ2n) is 4.91. The number of pyridine rings is 1. The minimum Gasteiger partial charge on any atom is -0.337 e. The normalized spacial score (nSPS) is 18.2. The van der Waals surface area contributed by atoms with E-state index < -0.39 is 0 Å². The molecule has 2 heterocycles. The zero-order valence-corrected chi connectivity index (χ0v) is 13.6. The van der Waals surface area contributed by atoms with E-state index in [-0.39, 0.29) is 30.7 Å². The summed E-state index contributed by atoms with van der Waals surface area (Å²) in [5, 5.41) is 3.37. The van der Waals surface area contributed by atoms with Crippen molar-refractivity contribution in [3.63, 3.8) is 0 Å². The maximum atomic E-state index is 12.4. The molecule has 1 atom stereocenters. The first-order valence-electron chi connectivity index (χ1n) is 6.60. The lowest BCUT2D eigenvalue weighted by Crippen LogP contribution is -2.38. The van der Waals surface area contributed by atoms with Gasteiger partial charge in [-0.05, 0) is 51.4 Å². The molecule has 114 valence electrons. The van der Waals surface area contributed by atoms with Gasteiger partial charge in [-0.25, -0.2) is 4.98 Å². The minimum absolute atomic E-state index is 0. The Morgan fingerprint density at radius 2 is 2.05 bits per heavy atom. The molecule has 1 aromatic heterocycles. The Hall–Kier alpha value is -0.840. The number of hydrogen-bond acceptors (Lipinski definition) is 3. The van der Waals surface area contributed by atoms with E-state index in [4.69, 9.17) is 0 Å². The van der Waals surface area contributed by atoms with E-state index >= 15 is 0 Å². The lowest BCUT2D eigenvalue weighted by Gasteiger charge is -2.26. The predicted molar refractivity (Wildman–Crippen MR) is 86.1 cm³/mol. The molecule has 4 nitrogen and oxygen atoms in total. The van der Waals surface area contributed by atoms with Crippen molar-refractivity contribution in [2.24, 2.45) is 0 Å². The number of carbonyl (C=O) groups is 1. The number of aryl methyl sites for hydroxylation is 1. The van der Waals surface area contributed by atoms with Crippen molar-refractivity contribution in [3.05, 3.63) is 29.6 Å². The molecular formula is C14H23Cl2N3O. The van der Waals surface area contributed by atoms with Gasteiger partial charge >= 0.3 is 0 Å². The molecule has 1 fully saturated rings. The number of aromatic nitrogens is 1. The quantitative estimate of drug-likeness (QED) is 0.910. The van der Waals surface area contributed by atoms with Gasteiger partial charge in [0.2, 0.25) is 0 Å². The molecule has 0 aliphatic carbocycles. The monoisotopic (exact) mass is 319 g/mol. The molecule has 0 spiro atoms. The largest absolute Gasteiger partial charge is 0.337 e. The summed E-state index contributed by atoms with van der Waals surface area (Å²) in [5.41, 5.74) is 1.44. The summed E-state index contributed by atoms with van der Waals surface area (Å²) < 4.78 is 0. The Morgan fingerprint density at radius 1 is 1.30 bits per heavy atom. The van der Waals surface area contributed by atoms with Crippen LogP contribution in [0.25, 0.3) is 0 Å². The highest BCUT2D eigenvalue weighted by atomic mass is 35.5. The zero-order chi connectivity index (χ0) is 13.0. The first kappa shape index (κ1) is 19.2. The van der Waals surface area contributed by atoms with Gasteiger partial charge in [0.05, 0.1) is 0 Å². The average Bonchev–Trinajstić information content (AvgIpc) is 2.66. The number of nitrogens with one attached hydrogen (secondary N) is 1. The van der Waals surface area contributed by atoms with E-state index in [1.54, 1.807) is 6.07 Å². The summed E-state index contributed by atoms with van der Waals surface area (Å²) in [4.78, 5) is 18.5. The highest BCUT2D eigenvalue weighted by molar-refractivity contribution is 5.92. The lowest BCUT2D eigenvalue weighted by atomic mass is 10.1. The van der Waals surface area contributed by atoms with E-state index in [2.05, 4.69) is 10.3 Å². The molecule has 0 saturated carbocycles. The maximum absolute atomic E-state index is 12.4. The molecule has 0 radical (unpaired) electrons. The van der Waals surface area contributed by atoms with Crippen LogP contribution in [0.5, 0.6) is 0 Å². The van der Waals surface area contributed by atoms with Crippen molar-refractivity contribution in [1.82, 2.24) is 15.2 Å². The third-order valence-electron chi connectivity index (χ3n) is 3.52. The second kappa shape index (κ2) is 9.16. The first-order chi connectivity index (χ1) is 8.68. The fraction of sp³-hybridized carbons (Fsp3) is 0.571. The number of nitrogens with zero attached hydrogens (tertiary/aromatic N) is 2. The van der Waals surface area contributed by atoms with E-state index in [0.29, 0.717) is 11.7 Å². The predicted octanol–water partition coefficient (Wildman–Crippen LogP) is 2.45. The van der Waals surface area contributed by atoms with Crippen molar-refractivity contribution >= 4 is 30.7 Å². The number of rotatable bonds is 2. The fourth-order valence-electron chi connectivity index (χ4n) is 2.40. The smallest absolute Gasteiger partial charge is 0.272 e. The molecule has 1 saturated heterocycles. The Labute approximate surface area is 133 Å². The van der Waals surface area contributed by atoms with Crippen molar-refractivity contribution in [1.29, 1.82) is 0 Å². The van der Waals surface area contributed by atoms with E-state index in [1.165, 1.54) is 0 Å². The molecule has 1 aromatic rings. The Balaban J connectivity index is 0.00000180. The number of hydrogen-bond donors (Lipinski definition) is 1. The molecule has 1 unspecified atom stereocenters. The summed E-state index contributed by atoms with van der Waals surface area (Å²) in [6.07, 6.45) is 3.22. The van der Waals surface area contributed by atoms with E-state index in [0.717, 1.165) is 38.0 Å². The molecule has 0 bridgehead atoms. The highest BCUT2D eigenvalue weighted by Gasteiger charge is 2.22. The summed E-state index contributed by atoms with van der Waals surface area (Å²) in [5.74, 6) is 0.0330. The van der Waals surface area contributed by atoms with E-state index in [1.807, 2.05) is 31.0 Å². The van der Waals surface area contributed by atoms with Crippen LogP contribution in [0.2, 0.25) is 0 Å². The van der Waals surface area contributed by atoms with Crippen LogP contribution in [-0.2, 0) is 0 Å². The van der Waals surface area contributed by atoms with Gasteiger partial charge in [-0.2, -0.15) is 0 Å². The molecule has 1 aliphatic rings. The summed E-state index contributed by atoms with van der Waals surface area (Å²) in [7, 11) is 1.89. The van der Waals surface area contributed by atoms with Crippen molar-refractivity contribution in [2.45, 2.75) is 32.2 Å². The summed E-state index contributed by atoms with van der Waals surface area (Å²) in [6, 6.07) is 5.92. The molecule has 0 aromatic carbocycles. The fourth-order valence-corrected chi connectivity index (χ4v) is 2.40. The Bertz CT molecular complexity index is 421. The summed E-state index contributed by atoms with van der Waals surface area (Å²) in [6.45, 7) is 3.96. The van der Waals surface area contributed by atoms with Gasteiger partial charge in [-0.3, -0.25) is 4.79 Å². The van der Waals surface area contributed by atoms with Crippen LogP contribution in [0.15, 0.2) is 18.2 Å².